The second-order valence-electron chi connectivity index (χ2n) is 7.58. The van der Waals surface area contributed by atoms with Crippen molar-refractivity contribution in [2.45, 2.75) is 25.8 Å². The Kier molecular flexibility index (Phi) is 5.80. The Hall–Kier alpha value is -2.95. The highest BCUT2D eigenvalue weighted by atomic mass is 15.3. The maximum atomic E-state index is 4.78. The molecule has 0 bridgehead atoms. The van der Waals surface area contributed by atoms with Gasteiger partial charge in [0.15, 0.2) is 5.82 Å². The first-order valence-electron chi connectivity index (χ1n) is 10.0. The van der Waals surface area contributed by atoms with Gasteiger partial charge in [0.1, 0.15) is 0 Å². The summed E-state index contributed by atoms with van der Waals surface area (Å²) in [6, 6.07) is 21.2. The van der Waals surface area contributed by atoms with Crippen LogP contribution < -0.4 is 9.80 Å². The molecule has 1 aromatic heterocycles. The van der Waals surface area contributed by atoms with E-state index >= 15 is 0 Å². The van der Waals surface area contributed by atoms with Gasteiger partial charge in [-0.25, -0.2) is 0 Å². The molecule has 0 unspecified atom stereocenters. The smallest absolute Gasteiger partial charge is 0.247 e. The SMILES string of the molecule is CN(Cc1ccccc1)c1nncc(N2CCC(Cc3ccccc3)CC2)n1. The summed E-state index contributed by atoms with van der Waals surface area (Å²) in [7, 11) is 2.01. The minimum atomic E-state index is 0.674. The Morgan fingerprint density at radius 3 is 2.25 bits per heavy atom. The zero-order valence-electron chi connectivity index (χ0n) is 16.4. The number of benzene rings is 2. The van der Waals surface area contributed by atoms with Gasteiger partial charge in [0.2, 0.25) is 5.95 Å². The summed E-state index contributed by atoms with van der Waals surface area (Å²) in [5.74, 6) is 2.35. The lowest BCUT2D eigenvalue weighted by atomic mass is 9.90. The molecule has 1 aliphatic rings. The van der Waals surface area contributed by atoms with Crippen LogP contribution in [0.3, 0.4) is 0 Å². The zero-order chi connectivity index (χ0) is 19.2. The van der Waals surface area contributed by atoms with Gasteiger partial charge in [-0.2, -0.15) is 10.1 Å². The van der Waals surface area contributed by atoms with Gasteiger partial charge in [0.05, 0.1) is 6.20 Å². The molecular weight excluding hydrogens is 346 g/mol. The highest BCUT2D eigenvalue weighted by Gasteiger charge is 2.21. The number of rotatable bonds is 6. The summed E-state index contributed by atoms with van der Waals surface area (Å²) in [6.07, 6.45) is 5.33. The van der Waals surface area contributed by atoms with E-state index in [-0.39, 0.29) is 0 Å². The van der Waals surface area contributed by atoms with E-state index in [0.717, 1.165) is 31.4 Å². The van der Waals surface area contributed by atoms with Gasteiger partial charge in [-0.1, -0.05) is 60.7 Å². The highest BCUT2D eigenvalue weighted by Crippen LogP contribution is 2.25. The number of anilines is 2. The molecule has 1 aliphatic heterocycles. The van der Waals surface area contributed by atoms with Gasteiger partial charge in [0.25, 0.3) is 0 Å². The van der Waals surface area contributed by atoms with E-state index < -0.39 is 0 Å². The van der Waals surface area contributed by atoms with Crippen molar-refractivity contribution in [2.24, 2.45) is 5.92 Å². The van der Waals surface area contributed by atoms with Crippen molar-refractivity contribution in [3.05, 3.63) is 78.0 Å². The number of aromatic nitrogens is 3. The predicted octanol–water partition coefficient (Wildman–Crippen LogP) is 3.97. The fourth-order valence-electron chi connectivity index (χ4n) is 3.84. The molecule has 0 atom stereocenters. The minimum Gasteiger partial charge on any atom is -0.355 e. The average Bonchev–Trinajstić information content (AvgIpc) is 2.76. The summed E-state index contributed by atoms with van der Waals surface area (Å²) in [5, 5.41) is 8.45. The van der Waals surface area contributed by atoms with Crippen LogP contribution in [0.2, 0.25) is 0 Å². The van der Waals surface area contributed by atoms with Crippen molar-refractivity contribution in [3.63, 3.8) is 0 Å². The first kappa shape index (κ1) is 18.4. The molecule has 1 saturated heterocycles. The van der Waals surface area contributed by atoms with Gasteiger partial charge in [0, 0.05) is 26.7 Å². The fourth-order valence-corrected chi connectivity index (χ4v) is 3.84. The topological polar surface area (TPSA) is 45.2 Å². The van der Waals surface area contributed by atoms with Crippen LogP contribution >= 0.6 is 0 Å². The van der Waals surface area contributed by atoms with Crippen LogP contribution in [-0.2, 0) is 13.0 Å². The summed E-state index contributed by atoms with van der Waals surface area (Å²) < 4.78 is 0. The van der Waals surface area contributed by atoms with Crippen LogP contribution in [0.1, 0.15) is 24.0 Å². The van der Waals surface area contributed by atoms with E-state index in [2.05, 4.69) is 69.7 Å². The molecule has 144 valence electrons. The molecule has 0 radical (unpaired) electrons. The molecule has 28 heavy (non-hydrogen) atoms. The summed E-state index contributed by atoms with van der Waals surface area (Å²) in [5.41, 5.74) is 2.68. The Morgan fingerprint density at radius 1 is 0.929 bits per heavy atom. The molecule has 0 saturated carbocycles. The van der Waals surface area contributed by atoms with Crippen LogP contribution in [0.4, 0.5) is 11.8 Å². The number of piperidine rings is 1. The van der Waals surface area contributed by atoms with Crippen molar-refractivity contribution < 1.29 is 0 Å². The number of hydrogen-bond acceptors (Lipinski definition) is 5. The molecule has 0 N–H and O–H groups in total. The molecule has 1 fully saturated rings. The molecular formula is C23H27N5. The van der Waals surface area contributed by atoms with E-state index in [1.807, 2.05) is 18.0 Å². The van der Waals surface area contributed by atoms with Crippen LogP contribution in [0.5, 0.6) is 0 Å². The lowest BCUT2D eigenvalue weighted by Gasteiger charge is -2.33. The van der Waals surface area contributed by atoms with Gasteiger partial charge < -0.3 is 9.80 Å². The first-order chi connectivity index (χ1) is 13.8. The Bertz CT molecular complexity index is 860. The first-order valence-corrected chi connectivity index (χ1v) is 10.0. The Morgan fingerprint density at radius 2 is 1.57 bits per heavy atom. The zero-order valence-corrected chi connectivity index (χ0v) is 16.4. The molecule has 2 aromatic carbocycles. The van der Waals surface area contributed by atoms with E-state index in [9.17, 15) is 0 Å². The summed E-state index contributed by atoms with van der Waals surface area (Å²) in [6.45, 7) is 2.82. The summed E-state index contributed by atoms with van der Waals surface area (Å²) >= 11 is 0. The van der Waals surface area contributed by atoms with E-state index in [0.29, 0.717) is 5.95 Å². The number of nitrogens with zero attached hydrogens (tertiary/aromatic N) is 5. The standard InChI is InChI=1S/C23H27N5/c1-27(18-21-10-6-3-7-11-21)23-25-22(17-24-26-23)28-14-12-20(13-15-28)16-19-8-4-2-5-9-19/h2-11,17,20H,12-16,18H2,1H3. The number of hydrogen-bond donors (Lipinski definition) is 0. The molecule has 5 heteroatoms. The van der Waals surface area contributed by atoms with Gasteiger partial charge in [-0.15, -0.1) is 5.10 Å². The molecule has 5 nitrogen and oxygen atoms in total. The molecule has 2 heterocycles. The maximum absolute atomic E-state index is 4.78. The lowest BCUT2D eigenvalue weighted by Crippen LogP contribution is -2.35. The third kappa shape index (κ3) is 4.66. The minimum absolute atomic E-state index is 0.674. The maximum Gasteiger partial charge on any atom is 0.247 e. The normalized spacial score (nSPS) is 14.8. The molecule has 3 aromatic rings. The van der Waals surface area contributed by atoms with Crippen molar-refractivity contribution in [1.29, 1.82) is 0 Å². The van der Waals surface area contributed by atoms with Crippen molar-refractivity contribution >= 4 is 11.8 Å². The van der Waals surface area contributed by atoms with Crippen molar-refractivity contribution in [1.82, 2.24) is 15.2 Å². The third-order valence-electron chi connectivity index (χ3n) is 5.44. The van der Waals surface area contributed by atoms with Crippen molar-refractivity contribution in [2.75, 3.05) is 29.9 Å². The van der Waals surface area contributed by atoms with Gasteiger partial charge >= 0.3 is 0 Å². The van der Waals surface area contributed by atoms with E-state index in [1.54, 1.807) is 6.20 Å². The Balaban J connectivity index is 1.36. The molecule has 0 aliphatic carbocycles. The monoisotopic (exact) mass is 373 g/mol. The lowest BCUT2D eigenvalue weighted by molar-refractivity contribution is 0.402. The average molecular weight is 374 g/mol. The van der Waals surface area contributed by atoms with Crippen molar-refractivity contribution in [3.8, 4) is 0 Å². The summed E-state index contributed by atoms with van der Waals surface area (Å²) in [4.78, 5) is 9.17. The van der Waals surface area contributed by atoms with Crippen LogP contribution in [0.15, 0.2) is 66.9 Å². The van der Waals surface area contributed by atoms with Crippen LogP contribution in [0, 0.1) is 5.92 Å². The second-order valence-corrected chi connectivity index (χ2v) is 7.58. The van der Waals surface area contributed by atoms with E-state index in [4.69, 9.17) is 4.98 Å². The van der Waals surface area contributed by atoms with Gasteiger partial charge in [-0.3, -0.25) is 0 Å². The van der Waals surface area contributed by atoms with Gasteiger partial charge in [-0.05, 0) is 36.3 Å². The predicted molar refractivity (Wildman–Crippen MR) is 113 cm³/mol. The Labute approximate surface area is 167 Å². The molecule has 0 spiro atoms. The quantitative estimate of drug-likeness (QED) is 0.654. The highest BCUT2D eigenvalue weighted by molar-refractivity contribution is 5.42. The second kappa shape index (κ2) is 8.83. The molecule has 4 rings (SSSR count). The third-order valence-corrected chi connectivity index (χ3v) is 5.44. The van der Waals surface area contributed by atoms with Crippen LogP contribution in [0.25, 0.3) is 0 Å². The molecule has 0 amide bonds. The van der Waals surface area contributed by atoms with E-state index in [1.165, 1.54) is 30.4 Å². The van der Waals surface area contributed by atoms with Crippen LogP contribution in [-0.4, -0.2) is 35.3 Å². The largest absolute Gasteiger partial charge is 0.355 e. The fraction of sp³-hybridized carbons (Fsp3) is 0.348.